The summed E-state index contributed by atoms with van der Waals surface area (Å²) >= 11 is 0. The standard InChI is InChI=1S/C17H24O7/c1-3-21-10-17(19)14(18)13-12(23-16(17)20-2)9-22-15(24-13)11-7-5-4-6-8-11/h4-8,12-16,18-19H,3,9-10H2,1-2H3/t12-,13-,14+,15?,16+,17-/m1/s1. The Bertz CT molecular complexity index is 525. The highest BCUT2D eigenvalue weighted by atomic mass is 16.8. The van der Waals surface area contributed by atoms with Gasteiger partial charge in [-0.15, -0.1) is 0 Å². The second-order valence-electron chi connectivity index (χ2n) is 5.99. The minimum atomic E-state index is -1.72. The zero-order chi connectivity index (χ0) is 17.2. The lowest BCUT2D eigenvalue weighted by molar-refractivity contribution is -0.388. The molecule has 0 bridgehead atoms. The molecule has 7 heteroatoms. The number of hydrogen-bond donors (Lipinski definition) is 2. The Morgan fingerprint density at radius 1 is 1.25 bits per heavy atom. The number of rotatable bonds is 5. The number of ether oxygens (including phenoxy) is 5. The third kappa shape index (κ3) is 3.21. The van der Waals surface area contributed by atoms with E-state index in [-0.39, 0.29) is 13.2 Å². The van der Waals surface area contributed by atoms with Crippen molar-refractivity contribution < 1.29 is 33.9 Å². The quantitative estimate of drug-likeness (QED) is 0.812. The molecule has 1 aromatic carbocycles. The summed E-state index contributed by atoms with van der Waals surface area (Å²) in [5.74, 6) is 0. The Hall–Kier alpha value is -1.06. The largest absolute Gasteiger partial charge is 0.387 e. The predicted octanol–water partition coefficient (Wildman–Crippen LogP) is 0.600. The molecule has 2 N–H and O–H groups in total. The Morgan fingerprint density at radius 3 is 2.67 bits per heavy atom. The maximum Gasteiger partial charge on any atom is 0.191 e. The van der Waals surface area contributed by atoms with Crippen LogP contribution in [0.15, 0.2) is 30.3 Å². The van der Waals surface area contributed by atoms with Crippen molar-refractivity contribution in [3.63, 3.8) is 0 Å². The van der Waals surface area contributed by atoms with Gasteiger partial charge in [0, 0.05) is 19.3 Å². The van der Waals surface area contributed by atoms with Crippen molar-refractivity contribution in [1.82, 2.24) is 0 Å². The minimum absolute atomic E-state index is 0.118. The van der Waals surface area contributed by atoms with Gasteiger partial charge in [-0.1, -0.05) is 30.3 Å². The second kappa shape index (κ2) is 7.45. The fourth-order valence-electron chi connectivity index (χ4n) is 3.11. The molecule has 6 atom stereocenters. The Labute approximate surface area is 141 Å². The van der Waals surface area contributed by atoms with Crippen LogP contribution in [-0.2, 0) is 23.7 Å². The molecule has 3 rings (SSSR count). The van der Waals surface area contributed by atoms with Gasteiger partial charge >= 0.3 is 0 Å². The van der Waals surface area contributed by atoms with Gasteiger partial charge in [0.05, 0.1) is 13.2 Å². The van der Waals surface area contributed by atoms with Crippen LogP contribution in [-0.4, -0.2) is 67.3 Å². The molecule has 0 amide bonds. The first-order valence-electron chi connectivity index (χ1n) is 8.08. The lowest BCUT2D eigenvalue weighted by Crippen LogP contribution is -2.70. The molecule has 1 aromatic rings. The van der Waals surface area contributed by atoms with E-state index < -0.39 is 36.5 Å². The van der Waals surface area contributed by atoms with Crippen LogP contribution >= 0.6 is 0 Å². The van der Waals surface area contributed by atoms with Crippen LogP contribution in [0.5, 0.6) is 0 Å². The Morgan fingerprint density at radius 2 is 2.00 bits per heavy atom. The van der Waals surface area contributed by atoms with Crippen LogP contribution in [0.25, 0.3) is 0 Å². The van der Waals surface area contributed by atoms with E-state index in [1.54, 1.807) is 6.92 Å². The third-order valence-electron chi connectivity index (χ3n) is 4.41. The minimum Gasteiger partial charge on any atom is -0.387 e. The zero-order valence-corrected chi connectivity index (χ0v) is 13.8. The van der Waals surface area contributed by atoms with Gasteiger partial charge in [-0.3, -0.25) is 0 Å². The SMILES string of the molecule is CCOC[C@]1(O)[C@@H](OC)O[C@@H]2COC(c3ccccc3)O[C@H]2[C@@H]1O. The van der Waals surface area contributed by atoms with Crippen LogP contribution in [0.1, 0.15) is 18.8 Å². The smallest absolute Gasteiger partial charge is 0.191 e. The van der Waals surface area contributed by atoms with Crippen molar-refractivity contribution in [2.45, 2.75) is 43.4 Å². The molecule has 134 valence electrons. The number of methoxy groups -OCH3 is 1. The first-order chi connectivity index (χ1) is 11.6. The molecule has 0 spiro atoms. The molecule has 0 saturated carbocycles. The summed E-state index contributed by atoms with van der Waals surface area (Å²) in [6.07, 6.45) is -4.17. The average molecular weight is 340 g/mol. The second-order valence-corrected chi connectivity index (χ2v) is 5.99. The molecule has 0 aromatic heterocycles. The summed E-state index contributed by atoms with van der Waals surface area (Å²) in [6.45, 7) is 2.31. The van der Waals surface area contributed by atoms with E-state index in [1.807, 2.05) is 30.3 Å². The van der Waals surface area contributed by atoms with E-state index in [1.165, 1.54) is 7.11 Å². The number of aliphatic hydroxyl groups excluding tert-OH is 1. The zero-order valence-electron chi connectivity index (χ0n) is 13.8. The predicted molar refractivity (Wildman–Crippen MR) is 83.1 cm³/mol. The number of aliphatic hydroxyl groups is 2. The number of benzene rings is 1. The van der Waals surface area contributed by atoms with Crippen molar-refractivity contribution in [2.75, 3.05) is 26.9 Å². The summed E-state index contributed by atoms with van der Waals surface area (Å²) in [5, 5.41) is 21.6. The molecule has 0 radical (unpaired) electrons. The molecule has 2 aliphatic heterocycles. The van der Waals surface area contributed by atoms with E-state index in [2.05, 4.69) is 0 Å². The summed E-state index contributed by atoms with van der Waals surface area (Å²) in [7, 11) is 1.41. The van der Waals surface area contributed by atoms with Gasteiger partial charge in [-0.25, -0.2) is 0 Å². The highest BCUT2D eigenvalue weighted by Gasteiger charge is 2.58. The fraction of sp³-hybridized carbons (Fsp3) is 0.647. The van der Waals surface area contributed by atoms with E-state index in [0.717, 1.165) is 5.56 Å². The van der Waals surface area contributed by atoms with Crippen molar-refractivity contribution in [3.8, 4) is 0 Å². The molecule has 2 fully saturated rings. The van der Waals surface area contributed by atoms with Crippen molar-refractivity contribution in [1.29, 1.82) is 0 Å². The number of hydrogen-bond acceptors (Lipinski definition) is 7. The highest BCUT2D eigenvalue weighted by molar-refractivity contribution is 5.17. The van der Waals surface area contributed by atoms with E-state index >= 15 is 0 Å². The summed E-state index contributed by atoms with van der Waals surface area (Å²) in [6, 6.07) is 9.43. The maximum absolute atomic E-state index is 10.9. The molecular formula is C17H24O7. The highest BCUT2D eigenvalue weighted by Crippen LogP contribution is 2.38. The van der Waals surface area contributed by atoms with Crippen LogP contribution in [0.2, 0.25) is 0 Å². The van der Waals surface area contributed by atoms with Gasteiger partial charge in [0.2, 0.25) is 0 Å². The monoisotopic (exact) mass is 340 g/mol. The fourth-order valence-corrected chi connectivity index (χ4v) is 3.11. The molecule has 24 heavy (non-hydrogen) atoms. The van der Waals surface area contributed by atoms with Crippen LogP contribution in [0.3, 0.4) is 0 Å². The first-order valence-corrected chi connectivity index (χ1v) is 8.08. The maximum atomic E-state index is 10.9. The molecule has 2 saturated heterocycles. The molecule has 2 heterocycles. The van der Waals surface area contributed by atoms with Crippen LogP contribution < -0.4 is 0 Å². The summed E-state index contributed by atoms with van der Waals surface area (Å²) in [4.78, 5) is 0. The first kappa shape index (κ1) is 17.8. The van der Waals surface area contributed by atoms with Gasteiger partial charge in [-0.2, -0.15) is 0 Å². The van der Waals surface area contributed by atoms with Gasteiger partial charge in [0.25, 0.3) is 0 Å². The molecule has 0 aliphatic carbocycles. The van der Waals surface area contributed by atoms with E-state index in [9.17, 15) is 10.2 Å². The average Bonchev–Trinajstić information content (AvgIpc) is 2.63. The van der Waals surface area contributed by atoms with E-state index in [0.29, 0.717) is 6.61 Å². The Kier molecular flexibility index (Phi) is 5.51. The molecule has 2 aliphatic rings. The summed E-state index contributed by atoms with van der Waals surface area (Å²) < 4.78 is 27.9. The van der Waals surface area contributed by atoms with Gasteiger partial charge in [0.1, 0.15) is 18.3 Å². The van der Waals surface area contributed by atoms with Crippen LogP contribution in [0, 0.1) is 0 Å². The lowest BCUT2D eigenvalue weighted by atomic mass is 9.86. The van der Waals surface area contributed by atoms with Crippen molar-refractivity contribution in [3.05, 3.63) is 35.9 Å². The van der Waals surface area contributed by atoms with Crippen molar-refractivity contribution in [2.24, 2.45) is 0 Å². The van der Waals surface area contributed by atoms with Gasteiger partial charge in [-0.05, 0) is 6.92 Å². The van der Waals surface area contributed by atoms with Crippen LogP contribution in [0.4, 0.5) is 0 Å². The molecule has 7 nitrogen and oxygen atoms in total. The third-order valence-corrected chi connectivity index (χ3v) is 4.41. The number of fused-ring (bicyclic) bond motifs is 1. The van der Waals surface area contributed by atoms with E-state index in [4.69, 9.17) is 23.7 Å². The topological polar surface area (TPSA) is 86.6 Å². The Balaban J connectivity index is 1.79. The van der Waals surface area contributed by atoms with Crippen molar-refractivity contribution >= 4 is 0 Å². The van der Waals surface area contributed by atoms with Gasteiger partial charge < -0.3 is 33.9 Å². The molecular weight excluding hydrogens is 316 g/mol. The lowest BCUT2D eigenvalue weighted by Gasteiger charge is -2.51. The normalized spacial score (nSPS) is 39.4. The van der Waals surface area contributed by atoms with Gasteiger partial charge in [0.15, 0.2) is 18.2 Å². The molecule has 1 unspecified atom stereocenters. The summed E-state index contributed by atoms with van der Waals surface area (Å²) in [5.41, 5.74) is -0.879.